The first-order chi connectivity index (χ1) is 12.0. The smallest absolute Gasteiger partial charge is 0.331 e. The van der Waals surface area contributed by atoms with Gasteiger partial charge in [0.25, 0.3) is 0 Å². The van der Waals surface area contributed by atoms with Gasteiger partial charge in [0.2, 0.25) is 11.8 Å². The topological polar surface area (TPSA) is 106 Å². The predicted molar refractivity (Wildman–Crippen MR) is 92.8 cm³/mol. The molecule has 0 spiro atoms. The molecule has 7 heteroatoms. The van der Waals surface area contributed by atoms with Gasteiger partial charge in [0, 0.05) is 18.2 Å². The van der Waals surface area contributed by atoms with Crippen LogP contribution in [0.15, 0.2) is 4.99 Å². The third kappa shape index (κ3) is 3.76. The number of amides is 4. The van der Waals surface area contributed by atoms with E-state index >= 15 is 0 Å². The first kappa shape index (κ1) is 18.0. The third-order valence-electron chi connectivity index (χ3n) is 5.79. The van der Waals surface area contributed by atoms with E-state index in [1.165, 1.54) is 4.90 Å². The second-order valence-electron chi connectivity index (χ2n) is 7.61. The average Bonchev–Trinajstić information content (AvgIpc) is 2.57. The monoisotopic (exact) mass is 349 g/mol. The van der Waals surface area contributed by atoms with Crippen molar-refractivity contribution in [3.63, 3.8) is 0 Å². The SMILES string of the molecule is CC(=N[C@@H]1CCCC[C@@H]1[NH3+])C1C(=O)NC(=O)N(C2CCCCC2)C1=O. The highest BCUT2D eigenvalue weighted by molar-refractivity contribution is 6.27. The first-order valence-corrected chi connectivity index (χ1v) is 9.54. The molecule has 3 fully saturated rings. The van der Waals surface area contributed by atoms with Crippen LogP contribution in [0, 0.1) is 5.92 Å². The molecule has 3 rings (SSSR count). The van der Waals surface area contributed by atoms with Gasteiger partial charge in [-0.3, -0.25) is 24.8 Å². The van der Waals surface area contributed by atoms with Gasteiger partial charge >= 0.3 is 6.03 Å². The van der Waals surface area contributed by atoms with E-state index in [2.05, 4.69) is 16.0 Å². The zero-order chi connectivity index (χ0) is 18.0. The molecule has 0 radical (unpaired) electrons. The van der Waals surface area contributed by atoms with Gasteiger partial charge in [-0.1, -0.05) is 25.7 Å². The summed E-state index contributed by atoms with van der Waals surface area (Å²) in [6, 6.07) is -0.379. The van der Waals surface area contributed by atoms with Crippen LogP contribution in [-0.2, 0) is 9.59 Å². The van der Waals surface area contributed by atoms with Crippen molar-refractivity contribution in [2.24, 2.45) is 10.9 Å². The van der Waals surface area contributed by atoms with Crippen molar-refractivity contribution in [1.29, 1.82) is 0 Å². The van der Waals surface area contributed by atoms with Crippen molar-refractivity contribution in [2.45, 2.75) is 82.8 Å². The lowest BCUT2D eigenvalue weighted by Crippen LogP contribution is -2.67. The fourth-order valence-corrected chi connectivity index (χ4v) is 4.34. The minimum atomic E-state index is -0.978. The van der Waals surface area contributed by atoms with E-state index in [0.29, 0.717) is 5.71 Å². The predicted octanol–water partition coefficient (Wildman–Crippen LogP) is 1.03. The Morgan fingerprint density at radius 2 is 1.68 bits per heavy atom. The molecule has 0 bridgehead atoms. The lowest BCUT2D eigenvalue weighted by Gasteiger charge is -2.37. The van der Waals surface area contributed by atoms with Gasteiger partial charge in [-0.25, -0.2) is 4.79 Å². The molecule has 1 unspecified atom stereocenters. The standard InChI is InChI=1S/C18H28N4O3/c1-11(20-14-10-6-5-9-13(14)19)15-16(23)21-18(25)22(17(15)24)12-7-3-2-4-8-12/h12-15H,2-10,19H2,1H3,(H,21,23,25)/p+1/t13-,14+,15?/m0/s1. The molecule has 3 atom stereocenters. The van der Waals surface area contributed by atoms with Crippen LogP contribution in [0.25, 0.3) is 0 Å². The second-order valence-corrected chi connectivity index (χ2v) is 7.61. The number of quaternary nitrogens is 1. The maximum absolute atomic E-state index is 13.0. The summed E-state index contributed by atoms with van der Waals surface area (Å²) in [4.78, 5) is 43.5. The molecule has 1 saturated heterocycles. The van der Waals surface area contributed by atoms with Gasteiger partial charge in [-0.2, -0.15) is 0 Å². The van der Waals surface area contributed by atoms with Crippen LogP contribution in [0.4, 0.5) is 4.79 Å². The van der Waals surface area contributed by atoms with Crippen LogP contribution in [0.1, 0.15) is 64.7 Å². The minimum absolute atomic E-state index is 0.0649. The number of imide groups is 2. The van der Waals surface area contributed by atoms with Crippen molar-refractivity contribution in [1.82, 2.24) is 10.2 Å². The minimum Gasteiger partial charge on any atom is -0.353 e. The zero-order valence-corrected chi connectivity index (χ0v) is 15.0. The molecule has 138 valence electrons. The summed E-state index contributed by atoms with van der Waals surface area (Å²) >= 11 is 0. The van der Waals surface area contributed by atoms with Crippen molar-refractivity contribution in [2.75, 3.05) is 0 Å². The van der Waals surface area contributed by atoms with Gasteiger partial charge in [0.05, 0.1) is 0 Å². The second kappa shape index (κ2) is 7.64. The molecule has 0 aromatic carbocycles. The maximum Gasteiger partial charge on any atom is 0.331 e. The van der Waals surface area contributed by atoms with Crippen LogP contribution in [0.2, 0.25) is 0 Å². The van der Waals surface area contributed by atoms with Gasteiger partial charge in [-0.05, 0) is 32.6 Å². The van der Waals surface area contributed by atoms with Gasteiger partial charge < -0.3 is 5.73 Å². The fourth-order valence-electron chi connectivity index (χ4n) is 4.34. The van der Waals surface area contributed by atoms with Crippen molar-refractivity contribution >= 4 is 23.6 Å². The Bertz CT molecular complexity index is 583. The van der Waals surface area contributed by atoms with Gasteiger partial charge in [0.1, 0.15) is 12.1 Å². The van der Waals surface area contributed by atoms with Crippen LogP contribution < -0.4 is 11.1 Å². The molecule has 2 aliphatic carbocycles. The molecule has 4 amide bonds. The molecule has 25 heavy (non-hydrogen) atoms. The fraction of sp³-hybridized carbons (Fsp3) is 0.778. The normalized spacial score (nSPS) is 32.7. The number of urea groups is 1. The van der Waals surface area contributed by atoms with E-state index in [-0.39, 0.29) is 18.1 Å². The molecule has 7 nitrogen and oxygen atoms in total. The summed E-state index contributed by atoms with van der Waals surface area (Å²) in [5.74, 6) is -1.92. The van der Waals surface area contributed by atoms with Crippen LogP contribution in [0.5, 0.6) is 0 Å². The summed E-state index contributed by atoms with van der Waals surface area (Å²) in [5.41, 5.74) is 4.67. The molecule has 1 heterocycles. The average molecular weight is 349 g/mol. The number of nitrogens with one attached hydrogen (secondary N) is 1. The summed E-state index contributed by atoms with van der Waals surface area (Å²) < 4.78 is 0. The van der Waals surface area contributed by atoms with Crippen LogP contribution >= 0.6 is 0 Å². The van der Waals surface area contributed by atoms with Gasteiger partial charge in [-0.15, -0.1) is 0 Å². The summed E-state index contributed by atoms with van der Waals surface area (Å²) in [5, 5.41) is 2.37. The third-order valence-corrected chi connectivity index (χ3v) is 5.79. The molecular formula is C18H29N4O3+. The van der Waals surface area contributed by atoms with E-state index < -0.39 is 23.8 Å². The van der Waals surface area contributed by atoms with Crippen molar-refractivity contribution in [3.8, 4) is 0 Å². The Kier molecular flexibility index (Phi) is 5.51. The highest BCUT2D eigenvalue weighted by Crippen LogP contribution is 2.27. The molecule has 3 aliphatic rings. The summed E-state index contributed by atoms with van der Waals surface area (Å²) in [6.45, 7) is 1.73. The molecule has 0 aromatic heterocycles. The van der Waals surface area contributed by atoms with E-state index in [1.54, 1.807) is 6.92 Å². The van der Waals surface area contributed by atoms with Crippen molar-refractivity contribution < 1.29 is 20.1 Å². The van der Waals surface area contributed by atoms with Crippen LogP contribution in [-0.4, -0.2) is 46.6 Å². The van der Waals surface area contributed by atoms with Gasteiger partial charge in [0.15, 0.2) is 5.92 Å². The molecule has 1 aliphatic heterocycles. The largest absolute Gasteiger partial charge is 0.353 e. The Hall–Kier alpha value is -1.76. The van der Waals surface area contributed by atoms with Crippen LogP contribution in [0.3, 0.4) is 0 Å². The van der Waals surface area contributed by atoms with E-state index in [4.69, 9.17) is 0 Å². The Labute approximate surface area is 148 Å². The number of aliphatic imine (C=N–C) groups is 1. The van der Waals surface area contributed by atoms with E-state index in [0.717, 1.165) is 57.8 Å². The number of hydrogen-bond donors (Lipinski definition) is 2. The number of nitrogens with zero attached hydrogens (tertiary/aromatic N) is 2. The Balaban J connectivity index is 1.80. The summed E-state index contributed by atoms with van der Waals surface area (Å²) in [6.07, 6.45) is 9.03. The number of carbonyl (C=O) groups is 3. The quantitative estimate of drug-likeness (QED) is 0.587. The number of hydrogen-bond acceptors (Lipinski definition) is 4. The van der Waals surface area contributed by atoms with Crippen molar-refractivity contribution in [3.05, 3.63) is 0 Å². The molecule has 2 saturated carbocycles. The zero-order valence-electron chi connectivity index (χ0n) is 15.0. The molecular weight excluding hydrogens is 320 g/mol. The van der Waals surface area contributed by atoms with E-state index in [1.807, 2.05) is 0 Å². The highest BCUT2D eigenvalue weighted by atomic mass is 16.2. The maximum atomic E-state index is 13.0. The molecule has 4 N–H and O–H groups in total. The summed E-state index contributed by atoms with van der Waals surface area (Å²) in [7, 11) is 0. The lowest BCUT2D eigenvalue weighted by molar-refractivity contribution is -0.428. The van der Waals surface area contributed by atoms with E-state index in [9.17, 15) is 14.4 Å². The highest BCUT2D eigenvalue weighted by Gasteiger charge is 2.45. The number of carbonyl (C=O) groups excluding carboxylic acids is 3. The Morgan fingerprint density at radius 1 is 1.04 bits per heavy atom. The molecule has 0 aromatic rings. The number of rotatable bonds is 3. The Morgan fingerprint density at radius 3 is 2.36 bits per heavy atom. The lowest BCUT2D eigenvalue weighted by atomic mass is 9.89. The first-order valence-electron chi connectivity index (χ1n) is 9.54. The number of barbiturate groups is 1.